The van der Waals surface area contributed by atoms with Crippen molar-refractivity contribution < 1.29 is 13.5 Å². The molecule has 0 radical (unpaired) electrons. The maximum atomic E-state index is 13.9. The molecular weight excluding hydrogens is 394 g/mol. The number of hydrogen-bond acceptors (Lipinski definition) is 3. The van der Waals surface area contributed by atoms with Crippen LogP contribution >= 0.6 is 0 Å². The number of aromatic hydroxyl groups is 1. The number of anilines is 1. The van der Waals surface area contributed by atoms with E-state index >= 15 is 0 Å². The van der Waals surface area contributed by atoms with Gasteiger partial charge in [-0.25, -0.2) is 8.42 Å². The fourth-order valence-corrected chi connectivity index (χ4v) is 5.73. The van der Waals surface area contributed by atoms with Crippen molar-refractivity contribution in [1.82, 2.24) is 0 Å². The molecule has 1 N–H and O–H groups in total. The molecule has 1 atom stereocenters. The lowest BCUT2D eigenvalue weighted by Gasteiger charge is -2.39. The quantitative estimate of drug-likeness (QED) is 0.492. The second kappa shape index (κ2) is 7.04. The average Bonchev–Trinajstić information content (AvgIpc) is 2.79. The van der Waals surface area contributed by atoms with Gasteiger partial charge in [-0.05, 0) is 47.0 Å². The molecule has 5 rings (SSSR count). The van der Waals surface area contributed by atoms with Crippen LogP contribution in [0.5, 0.6) is 5.75 Å². The van der Waals surface area contributed by atoms with Gasteiger partial charge in [-0.15, -0.1) is 0 Å². The summed E-state index contributed by atoms with van der Waals surface area (Å²) in [6.45, 7) is 0. The summed E-state index contributed by atoms with van der Waals surface area (Å²) in [6, 6.07) is 30.4. The number of fused-ring (bicyclic) bond motifs is 3. The predicted octanol–water partition coefficient (Wildman–Crippen LogP) is 5.36. The van der Waals surface area contributed by atoms with Crippen molar-refractivity contribution in [3.05, 3.63) is 114 Å². The van der Waals surface area contributed by atoms with Gasteiger partial charge in [0.25, 0.3) is 10.0 Å². The van der Waals surface area contributed by atoms with Gasteiger partial charge in [0.15, 0.2) is 0 Å². The first kappa shape index (κ1) is 18.5. The molecule has 0 fully saturated rings. The van der Waals surface area contributed by atoms with Crippen LogP contribution in [-0.2, 0) is 10.0 Å². The van der Waals surface area contributed by atoms with E-state index < -0.39 is 16.1 Å². The Labute approximate surface area is 175 Å². The van der Waals surface area contributed by atoms with Gasteiger partial charge in [0.05, 0.1) is 16.6 Å². The number of hydrogen-bond donors (Lipinski definition) is 1. The third-order valence-corrected chi connectivity index (χ3v) is 7.22. The topological polar surface area (TPSA) is 57.6 Å². The Bertz CT molecular complexity index is 1320. The highest BCUT2D eigenvalue weighted by molar-refractivity contribution is 7.92. The molecule has 1 heterocycles. The maximum absolute atomic E-state index is 13.9. The van der Waals surface area contributed by atoms with Crippen LogP contribution in [0.15, 0.2) is 108 Å². The van der Waals surface area contributed by atoms with E-state index in [9.17, 15) is 13.5 Å². The summed E-state index contributed by atoms with van der Waals surface area (Å²) in [5.74, 6) is 0.0259. The number of sulfonamides is 1. The molecule has 1 aliphatic heterocycles. The molecule has 4 aromatic carbocycles. The summed E-state index contributed by atoms with van der Waals surface area (Å²) < 4.78 is 29.3. The Balaban J connectivity index is 1.82. The molecule has 1 aliphatic rings. The second-order valence-electron chi connectivity index (χ2n) is 7.21. The van der Waals surface area contributed by atoms with Crippen LogP contribution in [0.3, 0.4) is 0 Å². The van der Waals surface area contributed by atoms with E-state index in [4.69, 9.17) is 0 Å². The fraction of sp³-hybridized carbons (Fsp3) is 0.0400. The predicted molar refractivity (Wildman–Crippen MR) is 118 cm³/mol. The summed E-state index contributed by atoms with van der Waals surface area (Å²) >= 11 is 0. The van der Waals surface area contributed by atoms with E-state index in [1.54, 1.807) is 0 Å². The first-order valence-electron chi connectivity index (χ1n) is 9.64. The highest BCUT2D eigenvalue weighted by Gasteiger charge is 2.39. The lowest BCUT2D eigenvalue weighted by Crippen LogP contribution is -2.38. The lowest BCUT2D eigenvalue weighted by atomic mass is 9.86. The smallest absolute Gasteiger partial charge is 0.265 e. The third kappa shape index (κ3) is 2.86. The van der Waals surface area contributed by atoms with Crippen molar-refractivity contribution in [2.45, 2.75) is 10.9 Å². The normalized spacial score (nSPS) is 15.3. The van der Waals surface area contributed by atoms with Crippen molar-refractivity contribution in [3.8, 4) is 16.9 Å². The Kier molecular flexibility index (Phi) is 4.33. The number of phenolic OH excluding ortho intramolecular Hbond substituents is 1. The van der Waals surface area contributed by atoms with Gasteiger partial charge in [0.2, 0.25) is 0 Å². The van der Waals surface area contributed by atoms with Gasteiger partial charge in [-0.3, -0.25) is 4.31 Å². The van der Waals surface area contributed by atoms with Gasteiger partial charge >= 0.3 is 0 Å². The molecule has 148 valence electrons. The Morgan fingerprint density at radius 2 is 1.27 bits per heavy atom. The third-order valence-electron chi connectivity index (χ3n) is 5.43. The van der Waals surface area contributed by atoms with Gasteiger partial charge in [-0.1, -0.05) is 72.8 Å². The van der Waals surface area contributed by atoms with Crippen LogP contribution in [0.4, 0.5) is 5.69 Å². The van der Waals surface area contributed by atoms with E-state index in [-0.39, 0.29) is 10.6 Å². The van der Waals surface area contributed by atoms with E-state index in [1.807, 2.05) is 78.9 Å². The molecule has 0 saturated carbocycles. The number of rotatable bonds is 3. The van der Waals surface area contributed by atoms with Crippen LogP contribution in [-0.4, -0.2) is 13.5 Å². The van der Waals surface area contributed by atoms with Crippen molar-refractivity contribution >= 4 is 15.7 Å². The largest absolute Gasteiger partial charge is 0.508 e. The fourth-order valence-electron chi connectivity index (χ4n) is 4.09. The molecule has 4 aromatic rings. The van der Waals surface area contributed by atoms with E-state index in [1.165, 1.54) is 28.6 Å². The van der Waals surface area contributed by atoms with E-state index in [2.05, 4.69) is 0 Å². The second-order valence-corrected chi connectivity index (χ2v) is 9.03. The highest BCUT2D eigenvalue weighted by Crippen LogP contribution is 2.49. The van der Waals surface area contributed by atoms with Crippen LogP contribution < -0.4 is 4.31 Å². The zero-order valence-electron chi connectivity index (χ0n) is 16.0. The molecule has 5 heteroatoms. The van der Waals surface area contributed by atoms with Gasteiger partial charge in [0, 0.05) is 5.56 Å². The lowest BCUT2D eigenvalue weighted by molar-refractivity contribution is 0.474. The number of para-hydroxylation sites is 1. The van der Waals surface area contributed by atoms with Gasteiger partial charge < -0.3 is 5.11 Å². The van der Waals surface area contributed by atoms with E-state index in [0.29, 0.717) is 5.69 Å². The van der Waals surface area contributed by atoms with E-state index in [0.717, 1.165) is 22.3 Å². The molecule has 0 amide bonds. The molecule has 0 aliphatic carbocycles. The number of phenols is 1. The minimum atomic E-state index is -3.91. The standard InChI is InChI=1S/C25H19NO3S/c27-19-14-16-20(17-15-19)30(28,29)26-24-13-7-6-11-22(24)21-10-4-5-12-23(21)25(26)18-8-2-1-3-9-18/h1-17,25,27H/t25-/m0/s1. The van der Waals surface area contributed by atoms with Crippen molar-refractivity contribution in [3.63, 3.8) is 0 Å². The Hall–Kier alpha value is -3.57. The van der Waals surface area contributed by atoms with Crippen LogP contribution in [0, 0.1) is 0 Å². The number of benzene rings is 4. The van der Waals surface area contributed by atoms with Crippen molar-refractivity contribution in [1.29, 1.82) is 0 Å². The minimum absolute atomic E-state index is 0.0259. The average molecular weight is 413 g/mol. The molecule has 0 aromatic heterocycles. The molecule has 0 spiro atoms. The maximum Gasteiger partial charge on any atom is 0.265 e. The molecule has 30 heavy (non-hydrogen) atoms. The molecule has 0 unspecified atom stereocenters. The van der Waals surface area contributed by atoms with Crippen LogP contribution in [0.2, 0.25) is 0 Å². The molecule has 0 saturated heterocycles. The van der Waals surface area contributed by atoms with Crippen molar-refractivity contribution in [2.75, 3.05) is 4.31 Å². The zero-order valence-corrected chi connectivity index (χ0v) is 16.8. The summed E-state index contributed by atoms with van der Waals surface area (Å²) in [7, 11) is -3.91. The SMILES string of the molecule is O=S(=O)(c1ccc(O)cc1)N1c2ccccc2-c2ccccc2[C@@H]1c1ccccc1. The van der Waals surface area contributed by atoms with Gasteiger partial charge in [0.1, 0.15) is 5.75 Å². The summed E-state index contributed by atoms with van der Waals surface area (Å²) in [6.07, 6.45) is 0. The highest BCUT2D eigenvalue weighted by atomic mass is 32.2. The molecule has 4 nitrogen and oxygen atoms in total. The first-order valence-corrected chi connectivity index (χ1v) is 11.1. The molecule has 0 bridgehead atoms. The summed E-state index contributed by atoms with van der Waals surface area (Å²) in [4.78, 5) is 0.135. The minimum Gasteiger partial charge on any atom is -0.508 e. The Morgan fingerprint density at radius 1 is 0.667 bits per heavy atom. The zero-order chi connectivity index (χ0) is 20.7. The van der Waals surface area contributed by atoms with Crippen molar-refractivity contribution in [2.24, 2.45) is 0 Å². The monoisotopic (exact) mass is 413 g/mol. The number of nitrogens with zero attached hydrogens (tertiary/aromatic N) is 1. The van der Waals surface area contributed by atoms with Gasteiger partial charge in [-0.2, -0.15) is 0 Å². The summed E-state index contributed by atoms with van der Waals surface area (Å²) in [5, 5.41) is 9.64. The summed E-state index contributed by atoms with van der Waals surface area (Å²) in [5.41, 5.74) is 4.37. The Morgan fingerprint density at radius 3 is 2.00 bits per heavy atom. The van der Waals surface area contributed by atoms with Crippen LogP contribution in [0.1, 0.15) is 17.2 Å². The van der Waals surface area contributed by atoms with Crippen LogP contribution in [0.25, 0.3) is 11.1 Å². The molecular formula is C25H19NO3S. The first-order chi connectivity index (χ1) is 14.6.